The van der Waals surface area contributed by atoms with Gasteiger partial charge in [-0.05, 0) is 25.3 Å². The standard InChI is InChI=1S/C13H16N2O5S/c1-2-6-13(12(17)18)7-3-8-14(13)11(16)9-4-5-10(21-9)15(19)20/h4-5H,2-3,6-8H2,1H3,(H,17,18). The number of hydrogen-bond acceptors (Lipinski definition) is 5. The van der Waals surface area contributed by atoms with Gasteiger partial charge in [0, 0.05) is 12.6 Å². The molecule has 0 radical (unpaired) electrons. The van der Waals surface area contributed by atoms with Crippen LogP contribution in [0.5, 0.6) is 0 Å². The van der Waals surface area contributed by atoms with Crippen molar-refractivity contribution in [2.45, 2.75) is 38.1 Å². The van der Waals surface area contributed by atoms with E-state index < -0.39 is 22.3 Å². The van der Waals surface area contributed by atoms with Crippen molar-refractivity contribution in [3.63, 3.8) is 0 Å². The van der Waals surface area contributed by atoms with Gasteiger partial charge in [-0.25, -0.2) is 4.79 Å². The molecule has 1 N–H and O–H groups in total. The van der Waals surface area contributed by atoms with E-state index in [0.717, 1.165) is 11.3 Å². The first-order chi connectivity index (χ1) is 9.92. The van der Waals surface area contributed by atoms with Crippen LogP contribution >= 0.6 is 11.3 Å². The zero-order chi connectivity index (χ0) is 15.6. The lowest BCUT2D eigenvalue weighted by atomic mass is 9.90. The largest absolute Gasteiger partial charge is 0.479 e. The Morgan fingerprint density at radius 3 is 2.76 bits per heavy atom. The predicted octanol–water partition coefficient (Wildman–Crippen LogP) is 2.52. The Bertz CT molecular complexity index is 585. The van der Waals surface area contributed by atoms with Crippen LogP contribution < -0.4 is 0 Å². The van der Waals surface area contributed by atoms with Crippen molar-refractivity contribution in [3.8, 4) is 0 Å². The van der Waals surface area contributed by atoms with Gasteiger partial charge in [-0.2, -0.15) is 0 Å². The summed E-state index contributed by atoms with van der Waals surface area (Å²) in [4.78, 5) is 35.9. The number of carbonyl (C=O) groups is 2. The fourth-order valence-electron chi connectivity index (χ4n) is 2.85. The molecule has 1 atom stereocenters. The second-order valence-corrected chi connectivity index (χ2v) is 6.10. The number of aliphatic carboxylic acids is 1. The predicted molar refractivity (Wildman–Crippen MR) is 76.5 cm³/mol. The fourth-order valence-corrected chi connectivity index (χ4v) is 3.62. The summed E-state index contributed by atoms with van der Waals surface area (Å²) >= 11 is 0.783. The number of thiophene rings is 1. The Labute approximate surface area is 125 Å². The van der Waals surface area contributed by atoms with Crippen LogP contribution in [0.2, 0.25) is 0 Å². The molecule has 1 aliphatic rings. The maximum Gasteiger partial charge on any atom is 0.329 e. The highest BCUT2D eigenvalue weighted by atomic mass is 32.1. The van der Waals surface area contributed by atoms with Crippen molar-refractivity contribution in [2.75, 3.05) is 6.54 Å². The molecule has 1 aromatic heterocycles. The minimum Gasteiger partial charge on any atom is -0.479 e. The molecule has 0 aromatic carbocycles. The molecule has 1 saturated heterocycles. The first-order valence-corrected chi connectivity index (χ1v) is 7.53. The van der Waals surface area contributed by atoms with Gasteiger partial charge in [-0.3, -0.25) is 14.9 Å². The number of rotatable bonds is 5. The third kappa shape index (κ3) is 2.63. The van der Waals surface area contributed by atoms with Crippen LogP contribution in [0.25, 0.3) is 0 Å². The molecule has 1 aliphatic heterocycles. The lowest BCUT2D eigenvalue weighted by molar-refractivity contribution is -0.380. The van der Waals surface area contributed by atoms with Crippen LogP contribution in [-0.4, -0.2) is 38.9 Å². The summed E-state index contributed by atoms with van der Waals surface area (Å²) in [5, 5.41) is 20.1. The fraction of sp³-hybridized carbons (Fsp3) is 0.538. The molecule has 1 aromatic rings. The third-order valence-electron chi connectivity index (χ3n) is 3.78. The number of hydrogen-bond donors (Lipinski definition) is 1. The van der Waals surface area contributed by atoms with Gasteiger partial charge in [0.15, 0.2) is 0 Å². The molecule has 114 valence electrons. The van der Waals surface area contributed by atoms with Crippen LogP contribution in [0.15, 0.2) is 12.1 Å². The number of carbonyl (C=O) groups excluding carboxylic acids is 1. The van der Waals surface area contributed by atoms with E-state index in [-0.39, 0.29) is 9.88 Å². The van der Waals surface area contributed by atoms with E-state index in [1.807, 2.05) is 6.92 Å². The van der Waals surface area contributed by atoms with E-state index in [1.165, 1.54) is 17.0 Å². The molecule has 0 bridgehead atoms. The number of carboxylic acid groups (broad SMARTS) is 1. The van der Waals surface area contributed by atoms with Crippen molar-refractivity contribution < 1.29 is 19.6 Å². The lowest BCUT2D eigenvalue weighted by Crippen LogP contribution is -2.52. The molecule has 0 spiro atoms. The van der Waals surface area contributed by atoms with E-state index in [1.54, 1.807) is 0 Å². The molecule has 2 heterocycles. The van der Waals surface area contributed by atoms with Crippen LogP contribution in [0.1, 0.15) is 42.3 Å². The number of nitrogens with zero attached hydrogens (tertiary/aromatic N) is 2. The summed E-state index contributed by atoms with van der Waals surface area (Å²) in [6, 6.07) is 2.66. The summed E-state index contributed by atoms with van der Waals surface area (Å²) in [6.07, 6.45) is 2.10. The highest BCUT2D eigenvalue weighted by molar-refractivity contribution is 7.17. The second kappa shape index (κ2) is 5.80. The topological polar surface area (TPSA) is 101 Å². The summed E-state index contributed by atoms with van der Waals surface area (Å²) in [7, 11) is 0. The molecule has 1 unspecified atom stereocenters. The van der Waals surface area contributed by atoms with Crippen LogP contribution in [0.4, 0.5) is 5.00 Å². The lowest BCUT2D eigenvalue weighted by Gasteiger charge is -2.34. The number of amides is 1. The van der Waals surface area contributed by atoms with E-state index >= 15 is 0 Å². The van der Waals surface area contributed by atoms with Crippen molar-refractivity contribution in [1.29, 1.82) is 0 Å². The Hall–Kier alpha value is -1.96. The average molecular weight is 312 g/mol. The van der Waals surface area contributed by atoms with Gasteiger partial charge in [0.2, 0.25) is 0 Å². The van der Waals surface area contributed by atoms with Crippen LogP contribution in [0, 0.1) is 10.1 Å². The summed E-state index contributed by atoms with van der Waals surface area (Å²) in [5.41, 5.74) is -1.18. The molecule has 1 amide bonds. The zero-order valence-electron chi connectivity index (χ0n) is 11.6. The minimum absolute atomic E-state index is 0.117. The summed E-state index contributed by atoms with van der Waals surface area (Å²) < 4.78 is 0. The Kier molecular flexibility index (Phi) is 4.26. The van der Waals surface area contributed by atoms with E-state index in [4.69, 9.17) is 0 Å². The average Bonchev–Trinajstić information content (AvgIpc) is 3.05. The maximum absolute atomic E-state index is 12.5. The molecular weight excluding hydrogens is 296 g/mol. The molecule has 2 rings (SSSR count). The number of likely N-dealkylation sites (tertiary alicyclic amines) is 1. The highest BCUT2D eigenvalue weighted by Crippen LogP contribution is 2.36. The quantitative estimate of drug-likeness (QED) is 0.665. The van der Waals surface area contributed by atoms with Gasteiger partial charge in [-0.1, -0.05) is 24.7 Å². The zero-order valence-corrected chi connectivity index (χ0v) is 12.4. The third-order valence-corrected chi connectivity index (χ3v) is 4.80. The highest BCUT2D eigenvalue weighted by Gasteiger charge is 2.49. The molecule has 7 nitrogen and oxygen atoms in total. The van der Waals surface area contributed by atoms with Crippen molar-refractivity contribution in [2.24, 2.45) is 0 Å². The van der Waals surface area contributed by atoms with E-state index in [9.17, 15) is 24.8 Å². The number of nitro groups is 1. The first-order valence-electron chi connectivity index (χ1n) is 6.72. The van der Waals surface area contributed by atoms with Gasteiger partial charge < -0.3 is 10.0 Å². The SMILES string of the molecule is CCCC1(C(=O)O)CCCN1C(=O)c1ccc([N+](=O)[O-])s1. The Morgan fingerprint density at radius 1 is 1.52 bits per heavy atom. The minimum atomic E-state index is -1.18. The molecular formula is C13H16N2O5S. The molecule has 0 saturated carbocycles. The Morgan fingerprint density at radius 2 is 2.24 bits per heavy atom. The monoisotopic (exact) mass is 312 g/mol. The summed E-state index contributed by atoms with van der Waals surface area (Å²) in [6.45, 7) is 2.25. The van der Waals surface area contributed by atoms with E-state index in [2.05, 4.69) is 0 Å². The van der Waals surface area contributed by atoms with Gasteiger partial charge in [-0.15, -0.1) is 0 Å². The van der Waals surface area contributed by atoms with Gasteiger partial charge in [0.1, 0.15) is 5.54 Å². The van der Waals surface area contributed by atoms with Crippen molar-refractivity contribution in [1.82, 2.24) is 4.90 Å². The second-order valence-electron chi connectivity index (χ2n) is 5.04. The molecule has 1 fully saturated rings. The molecule has 8 heteroatoms. The normalized spacial score (nSPS) is 21.5. The number of carboxylic acids is 1. The molecule has 0 aliphatic carbocycles. The first kappa shape index (κ1) is 15.4. The molecule has 21 heavy (non-hydrogen) atoms. The van der Waals surface area contributed by atoms with Crippen LogP contribution in [-0.2, 0) is 4.79 Å². The van der Waals surface area contributed by atoms with Gasteiger partial charge in [0.25, 0.3) is 5.91 Å². The van der Waals surface area contributed by atoms with Crippen molar-refractivity contribution in [3.05, 3.63) is 27.1 Å². The van der Waals surface area contributed by atoms with E-state index in [0.29, 0.717) is 32.2 Å². The van der Waals surface area contributed by atoms with Gasteiger partial charge in [0.05, 0.1) is 9.80 Å². The smallest absolute Gasteiger partial charge is 0.329 e. The van der Waals surface area contributed by atoms with Crippen molar-refractivity contribution >= 4 is 28.2 Å². The maximum atomic E-state index is 12.5. The van der Waals surface area contributed by atoms with Gasteiger partial charge >= 0.3 is 11.0 Å². The summed E-state index contributed by atoms with van der Waals surface area (Å²) in [5.74, 6) is -1.43. The van der Waals surface area contributed by atoms with Crippen LogP contribution in [0.3, 0.4) is 0 Å². The Balaban J connectivity index is 2.31.